The van der Waals surface area contributed by atoms with Crippen molar-refractivity contribution in [2.24, 2.45) is 0 Å². The third kappa shape index (κ3) is 2.05. The lowest BCUT2D eigenvalue weighted by Gasteiger charge is -2.06. The first-order valence-corrected chi connectivity index (χ1v) is 6.95. The Morgan fingerprint density at radius 1 is 0.864 bits per heavy atom. The molecule has 0 aliphatic carbocycles. The van der Waals surface area contributed by atoms with Crippen LogP contribution in [0.15, 0.2) is 73.3 Å². The Bertz CT molecular complexity index is 945. The number of fused-ring (bicyclic) bond motifs is 1. The Morgan fingerprint density at radius 3 is 2.59 bits per heavy atom. The van der Waals surface area contributed by atoms with Crippen molar-refractivity contribution in [1.82, 2.24) is 14.4 Å². The smallest absolute Gasteiger partial charge is 0.173 e. The van der Waals surface area contributed by atoms with E-state index in [9.17, 15) is 4.39 Å². The fourth-order valence-electron chi connectivity index (χ4n) is 2.58. The maximum absolute atomic E-state index is 13.8. The van der Waals surface area contributed by atoms with Gasteiger partial charge in [0.1, 0.15) is 0 Å². The van der Waals surface area contributed by atoms with Crippen LogP contribution in [0.3, 0.4) is 0 Å². The largest absolute Gasteiger partial charge is 0.297 e. The lowest BCUT2D eigenvalue weighted by molar-refractivity contribution is 0.630. The Balaban J connectivity index is 1.88. The molecular formula is C18H12FN3. The summed E-state index contributed by atoms with van der Waals surface area (Å²) in [5.74, 6) is -0.322. The SMILES string of the molecule is Fc1cccn2c(-c3cccc(-c4cccnc4)c3)cnc12. The highest BCUT2D eigenvalue weighted by molar-refractivity contribution is 5.72. The molecule has 0 unspecified atom stereocenters. The second-order valence-electron chi connectivity index (χ2n) is 5.02. The van der Waals surface area contributed by atoms with Crippen LogP contribution in [0, 0.1) is 5.82 Å². The zero-order valence-electron chi connectivity index (χ0n) is 11.6. The minimum absolute atomic E-state index is 0.322. The van der Waals surface area contributed by atoms with Crippen LogP contribution in [0.1, 0.15) is 0 Å². The average Bonchev–Trinajstić information content (AvgIpc) is 3.01. The van der Waals surface area contributed by atoms with Crippen molar-refractivity contribution >= 4 is 5.65 Å². The molecule has 0 saturated carbocycles. The number of imidazole rings is 1. The van der Waals surface area contributed by atoms with Gasteiger partial charge in [-0.25, -0.2) is 9.37 Å². The van der Waals surface area contributed by atoms with Gasteiger partial charge in [-0.3, -0.25) is 9.38 Å². The second-order valence-corrected chi connectivity index (χ2v) is 5.02. The molecule has 0 atom stereocenters. The fraction of sp³-hybridized carbons (Fsp3) is 0. The summed E-state index contributed by atoms with van der Waals surface area (Å²) in [6.45, 7) is 0. The molecule has 3 nitrogen and oxygen atoms in total. The molecule has 0 N–H and O–H groups in total. The minimum Gasteiger partial charge on any atom is -0.297 e. The zero-order chi connectivity index (χ0) is 14.9. The Hall–Kier alpha value is -3.01. The van der Waals surface area contributed by atoms with E-state index >= 15 is 0 Å². The molecule has 0 bridgehead atoms. The van der Waals surface area contributed by atoms with Crippen LogP contribution in [0.2, 0.25) is 0 Å². The first kappa shape index (κ1) is 12.7. The number of rotatable bonds is 2. The van der Waals surface area contributed by atoms with Crippen LogP contribution in [-0.4, -0.2) is 14.4 Å². The lowest BCUT2D eigenvalue weighted by Crippen LogP contribution is -1.90. The molecule has 0 spiro atoms. The first-order chi connectivity index (χ1) is 10.8. The van der Waals surface area contributed by atoms with Crippen molar-refractivity contribution in [3.8, 4) is 22.4 Å². The Labute approximate surface area is 126 Å². The van der Waals surface area contributed by atoms with Gasteiger partial charge in [0, 0.05) is 29.7 Å². The van der Waals surface area contributed by atoms with Gasteiger partial charge in [-0.1, -0.05) is 24.3 Å². The molecular weight excluding hydrogens is 277 g/mol. The Morgan fingerprint density at radius 2 is 1.73 bits per heavy atom. The minimum atomic E-state index is -0.322. The van der Waals surface area contributed by atoms with Gasteiger partial charge in [-0.15, -0.1) is 0 Å². The maximum atomic E-state index is 13.8. The van der Waals surface area contributed by atoms with Crippen LogP contribution in [0.5, 0.6) is 0 Å². The number of pyridine rings is 2. The topological polar surface area (TPSA) is 30.2 Å². The van der Waals surface area contributed by atoms with Gasteiger partial charge in [0.05, 0.1) is 11.9 Å². The molecule has 0 saturated heterocycles. The van der Waals surface area contributed by atoms with Crippen LogP contribution in [-0.2, 0) is 0 Å². The van der Waals surface area contributed by atoms with Crippen molar-refractivity contribution in [2.45, 2.75) is 0 Å². The molecule has 4 aromatic rings. The standard InChI is InChI=1S/C18H12FN3/c19-16-7-3-9-22-17(12-21-18(16)22)14-5-1-4-13(10-14)15-6-2-8-20-11-15/h1-12H. The van der Waals surface area contributed by atoms with Gasteiger partial charge in [0.15, 0.2) is 11.5 Å². The maximum Gasteiger partial charge on any atom is 0.173 e. The molecule has 0 radical (unpaired) electrons. The molecule has 3 aromatic heterocycles. The van der Waals surface area contributed by atoms with E-state index in [2.05, 4.69) is 16.0 Å². The summed E-state index contributed by atoms with van der Waals surface area (Å²) in [5.41, 5.74) is 4.30. The highest BCUT2D eigenvalue weighted by Gasteiger charge is 2.09. The number of hydrogen-bond donors (Lipinski definition) is 0. The second kappa shape index (κ2) is 5.07. The van der Waals surface area contributed by atoms with Gasteiger partial charge in [0.25, 0.3) is 0 Å². The van der Waals surface area contributed by atoms with Crippen LogP contribution in [0.4, 0.5) is 4.39 Å². The number of benzene rings is 1. The van der Waals surface area contributed by atoms with Gasteiger partial charge in [-0.05, 0) is 29.8 Å². The molecule has 0 amide bonds. The van der Waals surface area contributed by atoms with E-state index in [4.69, 9.17) is 0 Å². The predicted molar refractivity (Wildman–Crippen MR) is 83.8 cm³/mol. The number of hydrogen-bond acceptors (Lipinski definition) is 2. The highest BCUT2D eigenvalue weighted by atomic mass is 19.1. The van der Waals surface area contributed by atoms with Gasteiger partial charge in [0.2, 0.25) is 0 Å². The van der Waals surface area contributed by atoms with Crippen molar-refractivity contribution in [3.05, 3.63) is 79.1 Å². The third-order valence-electron chi connectivity index (χ3n) is 3.64. The first-order valence-electron chi connectivity index (χ1n) is 6.95. The summed E-state index contributed by atoms with van der Waals surface area (Å²) < 4.78 is 15.5. The molecule has 106 valence electrons. The molecule has 0 fully saturated rings. The molecule has 0 aliphatic heterocycles. The van der Waals surface area contributed by atoms with E-state index < -0.39 is 0 Å². The number of aromatic nitrogens is 3. The van der Waals surface area contributed by atoms with Crippen molar-refractivity contribution < 1.29 is 4.39 Å². The Kier molecular flexibility index (Phi) is 2.93. The lowest BCUT2D eigenvalue weighted by atomic mass is 10.0. The number of nitrogens with zero attached hydrogens (tertiary/aromatic N) is 3. The van der Waals surface area contributed by atoms with E-state index in [-0.39, 0.29) is 5.82 Å². The van der Waals surface area contributed by atoms with Crippen molar-refractivity contribution in [3.63, 3.8) is 0 Å². The molecule has 4 heteroatoms. The summed E-state index contributed by atoms with van der Waals surface area (Å²) >= 11 is 0. The predicted octanol–water partition coefficient (Wildman–Crippen LogP) is 4.20. The third-order valence-corrected chi connectivity index (χ3v) is 3.64. The van der Waals surface area contributed by atoms with Gasteiger partial charge in [-0.2, -0.15) is 0 Å². The average molecular weight is 289 g/mol. The molecule has 0 aliphatic rings. The van der Waals surface area contributed by atoms with E-state index in [0.717, 1.165) is 22.4 Å². The van der Waals surface area contributed by atoms with E-state index in [1.807, 2.05) is 42.7 Å². The normalized spacial score (nSPS) is 11.0. The summed E-state index contributed by atoms with van der Waals surface area (Å²) in [6.07, 6.45) is 7.09. The van der Waals surface area contributed by atoms with Gasteiger partial charge >= 0.3 is 0 Å². The van der Waals surface area contributed by atoms with Crippen LogP contribution >= 0.6 is 0 Å². The summed E-state index contributed by atoms with van der Waals surface area (Å²) in [7, 11) is 0. The fourth-order valence-corrected chi connectivity index (χ4v) is 2.58. The quantitative estimate of drug-likeness (QED) is 0.553. The number of halogens is 1. The monoisotopic (exact) mass is 289 g/mol. The van der Waals surface area contributed by atoms with Gasteiger partial charge < -0.3 is 0 Å². The van der Waals surface area contributed by atoms with E-state index in [0.29, 0.717) is 5.65 Å². The van der Waals surface area contributed by atoms with E-state index in [1.165, 1.54) is 6.07 Å². The molecule has 4 rings (SSSR count). The molecule has 1 aromatic carbocycles. The zero-order valence-corrected chi connectivity index (χ0v) is 11.6. The molecule has 22 heavy (non-hydrogen) atoms. The molecule has 3 heterocycles. The van der Waals surface area contributed by atoms with Crippen molar-refractivity contribution in [2.75, 3.05) is 0 Å². The summed E-state index contributed by atoms with van der Waals surface area (Å²) in [4.78, 5) is 8.32. The van der Waals surface area contributed by atoms with E-state index in [1.54, 1.807) is 22.9 Å². The summed E-state index contributed by atoms with van der Waals surface area (Å²) in [6, 6.07) is 15.1. The van der Waals surface area contributed by atoms with Crippen LogP contribution < -0.4 is 0 Å². The highest BCUT2D eigenvalue weighted by Crippen LogP contribution is 2.26. The van der Waals surface area contributed by atoms with Crippen LogP contribution in [0.25, 0.3) is 28.0 Å². The summed E-state index contributed by atoms with van der Waals surface area (Å²) in [5, 5.41) is 0. The van der Waals surface area contributed by atoms with Crippen molar-refractivity contribution in [1.29, 1.82) is 0 Å².